The van der Waals surface area contributed by atoms with E-state index in [4.69, 9.17) is 9.84 Å². The number of ketones is 1. The highest BCUT2D eigenvalue weighted by Crippen LogP contribution is 2.03. The van der Waals surface area contributed by atoms with Crippen LogP contribution in [0.5, 0.6) is 0 Å². The van der Waals surface area contributed by atoms with Crippen molar-refractivity contribution in [1.82, 2.24) is 10.6 Å². The van der Waals surface area contributed by atoms with Crippen LogP contribution in [0.1, 0.15) is 18.4 Å². The first-order valence-electron chi connectivity index (χ1n) is 8.06. The minimum Gasteiger partial charge on any atom is -0.480 e. The summed E-state index contributed by atoms with van der Waals surface area (Å²) in [6.45, 7) is -0.780. The number of carboxylic acid groups (broad SMARTS) is 1. The fourth-order valence-corrected chi connectivity index (χ4v) is 2.28. The van der Waals surface area contributed by atoms with E-state index in [9.17, 15) is 24.3 Å². The van der Waals surface area contributed by atoms with E-state index in [1.165, 1.54) is 0 Å². The number of carbonyl (C=O) groups excluding carboxylic acids is 3. The Hall–Kier alpha value is -2.46. The Kier molecular flexibility index (Phi) is 10.1. The van der Waals surface area contributed by atoms with E-state index in [0.717, 1.165) is 5.56 Å². The van der Waals surface area contributed by atoms with Gasteiger partial charge in [0.2, 0.25) is 5.91 Å². The number of carboxylic acids is 1. The average molecular weight is 445 g/mol. The van der Waals surface area contributed by atoms with Gasteiger partial charge in [0.15, 0.2) is 0 Å². The van der Waals surface area contributed by atoms with Crippen LogP contribution in [0.4, 0.5) is 4.79 Å². The molecule has 27 heavy (non-hydrogen) atoms. The maximum absolute atomic E-state index is 12.1. The van der Waals surface area contributed by atoms with E-state index in [0.29, 0.717) is 0 Å². The quantitative estimate of drug-likeness (QED) is 0.365. The molecule has 0 aliphatic carbocycles. The molecule has 1 rings (SSSR count). The van der Waals surface area contributed by atoms with Gasteiger partial charge in [0.1, 0.15) is 24.5 Å². The molecule has 9 nitrogen and oxygen atoms in total. The minimum atomic E-state index is -1.39. The van der Waals surface area contributed by atoms with Crippen LogP contribution in [0.2, 0.25) is 0 Å². The second-order valence-electron chi connectivity index (χ2n) is 5.55. The van der Waals surface area contributed by atoms with Gasteiger partial charge in [0.25, 0.3) is 0 Å². The topological polar surface area (TPSA) is 142 Å². The minimum absolute atomic E-state index is 0.0289. The predicted octanol–water partition coefficient (Wildman–Crippen LogP) is 0.587. The van der Waals surface area contributed by atoms with Crippen molar-refractivity contribution in [3.63, 3.8) is 0 Å². The zero-order valence-corrected chi connectivity index (χ0v) is 16.0. The highest BCUT2D eigenvalue weighted by atomic mass is 79.9. The summed E-state index contributed by atoms with van der Waals surface area (Å²) in [5, 5.41) is 22.9. The second kappa shape index (κ2) is 12.0. The van der Waals surface area contributed by atoms with Crippen LogP contribution in [-0.4, -0.2) is 58.0 Å². The molecule has 4 N–H and O–H groups in total. The van der Waals surface area contributed by atoms with Crippen molar-refractivity contribution in [2.24, 2.45) is 0 Å². The Morgan fingerprint density at radius 3 is 2.30 bits per heavy atom. The van der Waals surface area contributed by atoms with E-state index < -0.39 is 36.7 Å². The summed E-state index contributed by atoms with van der Waals surface area (Å²) >= 11 is 2.97. The zero-order valence-electron chi connectivity index (χ0n) is 14.4. The van der Waals surface area contributed by atoms with E-state index in [1.807, 2.05) is 0 Å². The van der Waals surface area contributed by atoms with E-state index in [2.05, 4.69) is 26.6 Å². The normalized spacial score (nSPS) is 12.5. The molecule has 0 radical (unpaired) electrons. The number of rotatable bonds is 11. The number of benzene rings is 1. The van der Waals surface area contributed by atoms with Crippen molar-refractivity contribution in [3.05, 3.63) is 35.9 Å². The lowest BCUT2D eigenvalue weighted by atomic mass is 10.1. The third kappa shape index (κ3) is 8.65. The number of Topliss-reactive ketones (excluding diaryl/α,β-unsaturated/α-hetero) is 1. The van der Waals surface area contributed by atoms with Gasteiger partial charge in [0, 0.05) is 6.42 Å². The van der Waals surface area contributed by atoms with Crippen LogP contribution >= 0.6 is 15.9 Å². The van der Waals surface area contributed by atoms with Crippen LogP contribution in [-0.2, 0) is 25.7 Å². The van der Waals surface area contributed by atoms with E-state index >= 15 is 0 Å². The van der Waals surface area contributed by atoms with E-state index in [1.54, 1.807) is 30.3 Å². The van der Waals surface area contributed by atoms with E-state index in [-0.39, 0.29) is 30.6 Å². The monoisotopic (exact) mass is 444 g/mol. The average Bonchev–Trinajstić information content (AvgIpc) is 2.67. The van der Waals surface area contributed by atoms with Gasteiger partial charge in [-0.05, 0) is 12.0 Å². The molecule has 0 aliphatic rings. The number of halogens is 1. The van der Waals surface area contributed by atoms with Gasteiger partial charge >= 0.3 is 12.1 Å². The number of alkyl carbamates (subject to hydrolysis) is 1. The Morgan fingerprint density at radius 1 is 1.07 bits per heavy atom. The van der Waals surface area contributed by atoms with Crippen molar-refractivity contribution in [3.8, 4) is 0 Å². The summed E-state index contributed by atoms with van der Waals surface area (Å²) in [6.07, 6.45) is -1.09. The van der Waals surface area contributed by atoms with Gasteiger partial charge in [0.05, 0.1) is 11.9 Å². The molecule has 148 valence electrons. The summed E-state index contributed by atoms with van der Waals surface area (Å²) in [5.41, 5.74) is 0.736. The highest BCUT2D eigenvalue weighted by Gasteiger charge is 2.26. The lowest BCUT2D eigenvalue weighted by molar-refractivity contribution is -0.142. The Labute approximate surface area is 164 Å². The fraction of sp³-hybridized carbons (Fsp3) is 0.412. The molecule has 0 spiro atoms. The third-order valence-corrected chi connectivity index (χ3v) is 4.10. The third-order valence-electron chi connectivity index (χ3n) is 3.48. The largest absolute Gasteiger partial charge is 0.480 e. The molecule has 0 aromatic heterocycles. The van der Waals surface area contributed by atoms with Gasteiger partial charge in [-0.2, -0.15) is 0 Å². The van der Waals surface area contributed by atoms with Crippen LogP contribution in [0.15, 0.2) is 30.3 Å². The first kappa shape index (κ1) is 22.6. The standard InChI is InChI=1S/C17H21BrN2O7/c18-8-12(22)6-7-13(16(24)25)19-15(23)14(9-21)20-17(26)27-10-11-4-2-1-3-5-11/h1-5,13-14,21H,6-10H2,(H,19,23)(H,20,26)(H,24,25). The summed E-state index contributed by atoms with van der Waals surface area (Å²) in [6, 6.07) is 6.13. The van der Waals surface area contributed by atoms with Crippen molar-refractivity contribution in [2.75, 3.05) is 11.9 Å². The van der Waals surface area contributed by atoms with Gasteiger partial charge in [-0.25, -0.2) is 9.59 Å². The predicted molar refractivity (Wildman–Crippen MR) is 98.2 cm³/mol. The first-order chi connectivity index (χ1) is 12.9. The molecular weight excluding hydrogens is 424 g/mol. The van der Waals surface area contributed by atoms with Gasteiger partial charge in [-0.15, -0.1) is 0 Å². The van der Waals surface area contributed by atoms with Crippen LogP contribution < -0.4 is 10.6 Å². The summed E-state index contributed by atoms with van der Waals surface area (Å²) in [7, 11) is 0. The maximum atomic E-state index is 12.1. The molecule has 0 fully saturated rings. The zero-order chi connectivity index (χ0) is 20.2. The van der Waals surface area contributed by atoms with Crippen molar-refractivity contribution >= 4 is 39.7 Å². The van der Waals surface area contributed by atoms with Crippen LogP contribution in [0.25, 0.3) is 0 Å². The number of aliphatic carboxylic acids is 1. The number of hydrogen-bond acceptors (Lipinski definition) is 6. The molecule has 0 aliphatic heterocycles. The Morgan fingerprint density at radius 2 is 1.74 bits per heavy atom. The molecule has 0 saturated carbocycles. The molecule has 0 saturated heterocycles. The highest BCUT2D eigenvalue weighted by molar-refractivity contribution is 9.09. The van der Waals surface area contributed by atoms with Gasteiger partial charge in [-0.3, -0.25) is 9.59 Å². The first-order valence-corrected chi connectivity index (χ1v) is 9.18. The number of nitrogens with one attached hydrogen (secondary N) is 2. The second-order valence-corrected chi connectivity index (χ2v) is 6.11. The maximum Gasteiger partial charge on any atom is 0.408 e. The molecule has 0 heterocycles. The number of ether oxygens (including phenoxy) is 1. The smallest absolute Gasteiger partial charge is 0.408 e. The van der Waals surface area contributed by atoms with Crippen LogP contribution in [0.3, 0.4) is 0 Å². The fourth-order valence-electron chi connectivity index (χ4n) is 2.00. The summed E-state index contributed by atoms with van der Waals surface area (Å²) < 4.78 is 4.95. The molecule has 2 unspecified atom stereocenters. The number of amides is 2. The number of alkyl halides is 1. The van der Waals surface area contributed by atoms with Gasteiger partial charge in [-0.1, -0.05) is 46.3 Å². The molecular formula is C17H21BrN2O7. The Bertz CT molecular complexity index is 654. The van der Waals surface area contributed by atoms with Crippen molar-refractivity contribution in [2.45, 2.75) is 31.5 Å². The summed E-state index contributed by atoms with van der Waals surface area (Å²) in [5.74, 6) is -2.43. The lowest BCUT2D eigenvalue weighted by Crippen LogP contribution is -2.53. The number of hydrogen-bond donors (Lipinski definition) is 4. The Balaban J connectivity index is 2.54. The molecule has 10 heteroatoms. The lowest BCUT2D eigenvalue weighted by Gasteiger charge is -2.19. The van der Waals surface area contributed by atoms with Gasteiger partial charge < -0.3 is 25.6 Å². The molecule has 1 aromatic rings. The molecule has 1 aromatic carbocycles. The SMILES string of the molecule is O=C(CBr)CCC(NC(=O)C(CO)NC(=O)OCc1ccccc1)C(=O)O. The molecule has 2 amide bonds. The molecule has 2 atom stereocenters. The van der Waals surface area contributed by atoms with Crippen molar-refractivity contribution in [1.29, 1.82) is 0 Å². The molecule has 0 bridgehead atoms. The number of carbonyl (C=O) groups is 4. The van der Waals surface area contributed by atoms with Crippen molar-refractivity contribution < 1.29 is 34.1 Å². The summed E-state index contributed by atoms with van der Waals surface area (Å²) in [4.78, 5) is 46.4. The van der Waals surface area contributed by atoms with Crippen LogP contribution in [0, 0.1) is 0 Å². The number of aliphatic hydroxyl groups is 1. The number of aliphatic hydroxyl groups excluding tert-OH is 1.